The Hall–Kier alpha value is -2.07. The van der Waals surface area contributed by atoms with Crippen LogP contribution in [0.25, 0.3) is 11.3 Å². The summed E-state index contributed by atoms with van der Waals surface area (Å²) < 4.78 is 13.2. The van der Waals surface area contributed by atoms with Crippen molar-refractivity contribution in [2.45, 2.75) is 6.54 Å². The van der Waals surface area contributed by atoms with E-state index in [1.165, 1.54) is 6.07 Å². The van der Waals surface area contributed by atoms with Crippen molar-refractivity contribution in [3.8, 4) is 11.3 Å². The first-order chi connectivity index (χ1) is 10.1. The summed E-state index contributed by atoms with van der Waals surface area (Å²) in [5.74, 6) is -0.415. The maximum absolute atomic E-state index is 13.2. The van der Waals surface area contributed by atoms with Crippen molar-refractivity contribution in [3.63, 3.8) is 0 Å². The minimum atomic E-state index is -0.415. The SMILES string of the molecule is CN1C=CN(Cc2ccc(-c3ccc(F)c(Cl)c3)nc2)C1. The molecule has 0 bridgehead atoms. The third-order valence-electron chi connectivity index (χ3n) is 3.36. The van der Waals surface area contributed by atoms with E-state index < -0.39 is 5.82 Å². The number of pyridine rings is 1. The lowest BCUT2D eigenvalue weighted by Gasteiger charge is -2.18. The Morgan fingerprint density at radius 1 is 1.24 bits per heavy atom. The molecule has 5 heteroatoms. The van der Waals surface area contributed by atoms with Crippen LogP contribution in [0.5, 0.6) is 0 Å². The zero-order valence-electron chi connectivity index (χ0n) is 11.6. The molecule has 1 aliphatic heterocycles. The van der Waals surface area contributed by atoms with Gasteiger partial charge in [-0.3, -0.25) is 4.98 Å². The van der Waals surface area contributed by atoms with E-state index in [-0.39, 0.29) is 5.02 Å². The highest BCUT2D eigenvalue weighted by atomic mass is 35.5. The monoisotopic (exact) mass is 303 g/mol. The van der Waals surface area contributed by atoms with Crippen molar-refractivity contribution in [1.82, 2.24) is 14.8 Å². The summed E-state index contributed by atoms with van der Waals surface area (Å²) in [4.78, 5) is 8.75. The van der Waals surface area contributed by atoms with Gasteiger partial charge in [-0.25, -0.2) is 4.39 Å². The zero-order valence-corrected chi connectivity index (χ0v) is 12.4. The highest BCUT2D eigenvalue weighted by molar-refractivity contribution is 6.31. The molecule has 2 heterocycles. The summed E-state index contributed by atoms with van der Waals surface area (Å²) in [6.45, 7) is 1.70. The second-order valence-corrected chi connectivity index (χ2v) is 5.53. The first-order valence-electron chi connectivity index (χ1n) is 6.65. The zero-order chi connectivity index (χ0) is 14.8. The van der Waals surface area contributed by atoms with Crippen LogP contribution < -0.4 is 0 Å². The normalized spacial score (nSPS) is 14.0. The number of hydrogen-bond acceptors (Lipinski definition) is 3. The summed E-state index contributed by atoms with van der Waals surface area (Å²) in [6.07, 6.45) is 5.95. The quantitative estimate of drug-likeness (QED) is 0.861. The lowest BCUT2D eigenvalue weighted by atomic mass is 10.1. The lowest BCUT2D eigenvalue weighted by molar-refractivity contribution is 0.290. The molecule has 0 amide bonds. The fraction of sp³-hybridized carbons (Fsp3) is 0.188. The van der Waals surface area contributed by atoms with Crippen LogP contribution in [-0.2, 0) is 6.54 Å². The predicted octanol–water partition coefficient (Wildman–Crippen LogP) is 3.72. The van der Waals surface area contributed by atoms with E-state index in [0.717, 1.165) is 30.0 Å². The molecule has 0 spiro atoms. The average molecular weight is 304 g/mol. The molecule has 0 saturated carbocycles. The molecule has 0 atom stereocenters. The maximum Gasteiger partial charge on any atom is 0.141 e. The number of nitrogens with zero attached hydrogens (tertiary/aromatic N) is 3. The molecule has 0 fully saturated rings. The standard InChI is InChI=1S/C16H15ClFN3/c1-20-6-7-21(11-20)10-12-2-5-16(19-9-12)13-3-4-15(18)14(17)8-13/h2-9H,10-11H2,1H3. The van der Waals surface area contributed by atoms with Crippen molar-refractivity contribution in [3.05, 3.63) is 65.3 Å². The molecule has 0 saturated heterocycles. The smallest absolute Gasteiger partial charge is 0.141 e. The Bertz CT molecular complexity index is 670. The average Bonchev–Trinajstić information content (AvgIpc) is 2.88. The predicted molar refractivity (Wildman–Crippen MR) is 82.0 cm³/mol. The van der Waals surface area contributed by atoms with Crippen LogP contribution in [0, 0.1) is 5.82 Å². The molecule has 3 nitrogen and oxygen atoms in total. The van der Waals surface area contributed by atoms with Gasteiger partial charge in [0.05, 0.1) is 17.4 Å². The second-order valence-electron chi connectivity index (χ2n) is 5.12. The number of aromatic nitrogens is 1. The third kappa shape index (κ3) is 3.16. The highest BCUT2D eigenvalue weighted by Crippen LogP contribution is 2.23. The van der Waals surface area contributed by atoms with Gasteiger partial charge < -0.3 is 9.80 Å². The molecule has 3 rings (SSSR count). The van der Waals surface area contributed by atoms with Gasteiger partial charge in [0, 0.05) is 37.8 Å². The van der Waals surface area contributed by atoms with E-state index >= 15 is 0 Å². The van der Waals surface area contributed by atoms with Crippen molar-refractivity contribution in [2.24, 2.45) is 0 Å². The van der Waals surface area contributed by atoms with Crippen LogP contribution in [0.4, 0.5) is 4.39 Å². The van der Waals surface area contributed by atoms with Crippen molar-refractivity contribution < 1.29 is 4.39 Å². The van der Waals surface area contributed by atoms with E-state index in [0.29, 0.717) is 0 Å². The van der Waals surface area contributed by atoms with Crippen molar-refractivity contribution in [2.75, 3.05) is 13.7 Å². The number of benzene rings is 1. The Morgan fingerprint density at radius 2 is 2.10 bits per heavy atom. The molecular weight excluding hydrogens is 289 g/mol. The molecule has 1 aliphatic rings. The van der Waals surface area contributed by atoms with Crippen molar-refractivity contribution in [1.29, 1.82) is 0 Å². The van der Waals surface area contributed by atoms with Gasteiger partial charge in [-0.1, -0.05) is 17.7 Å². The van der Waals surface area contributed by atoms with Crippen LogP contribution in [0.2, 0.25) is 5.02 Å². The molecule has 0 N–H and O–H groups in total. The Labute approximate surface area is 128 Å². The molecule has 0 unspecified atom stereocenters. The van der Waals surface area contributed by atoms with E-state index in [9.17, 15) is 4.39 Å². The second kappa shape index (κ2) is 5.74. The Balaban J connectivity index is 1.74. The minimum Gasteiger partial charge on any atom is -0.362 e. The lowest BCUT2D eigenvalue weighted by Crippen LogP contribution is -2.21. The molecule has 108 valence electrons. The van der Waals surface area contributed by atoms with E-state index in [4.69, 9.17) is 11.6 Å². The number of rotatable bonds is 3. The van der Waals surface area contributed by atoms with Crippen LogP contribution in [0.15, 0.2) is 48.9 Å². The Morgan fingerprint density at radius 3 is 2.71 bits per heavy atom. The molecular formula is C16H15ClFN3. The third-order valence-corrected chi connectivity index (χ3v) is 3.65. The highest BCUT2D eigenvalue weighted by Gasteiger charge is 2.09. The van der Waals surface area contributed by atoms with Gasteiger partial charge in [-0.05, 0) is 29.8 Å². The number of halogens is 2. The van der Waals surface area contributed by atoms with E-state index in [2.05, 4.69) is 21.0 Å². The maximum atomic E-state index is 13.2. The van der Waals surface area contributed by atoms with Gasteiger partial charge in [-0.2, -0.15) is 0 Å². The van der Waals surface area contributed by atoms with Gasteiger partial charge in [0.15, 0.2) is 0 Å². The molecule has 0 radical (unpaired) electrons. The van der Waals surface area contributed by atoms with Crippen molar-refractivity contribution >= 4 is 11.6 Å². The van der Waals surface area contributed by atoms with Crippen LogP contribution >= 0.6 is 11.6 Å². The fourth-order valence-corrected chi connectivity index (χ4v) is 2.45. The van der Waals surface area contributed by atoms with Gasteiger partial charge in [0.25, 0.3) is 0 Å². The number of hydrogen-bond donors (Lipinski definition) is 0. The van der Waals surface area contributed by atoms with Crippen LogP contribution in [0.3, 0.4) is 0 Å². The molecule has 1 aromatic heterocycles. The Kier molecular flexibility index (Phi) is 3.80. The molecule has 21 heavy (non-hydrogen) atoms. The molecule has 0 aliphatic carbocycles. The first kappa shape index (κ1) is 13.9. The summed E-state index contributed by atoms with van der Waals surface area (Å²) in [6, 6.07) is 8.60. The minimum absolute atomic E-state index is 0.114. The van der Waals surface area contributed by atoms with Crippen LogP contribution in [0.1, 0.15) is 5.56 Å². The van der Waals surface area contributed by atoms with Crippen LogP contribution in [-0.4, -0.2) is 28.5 Å². The fourth-order valence-electron chi connectivity index (χ4n) is 2.27. The van der Waals surface area contributed by atoms with E-state index in [1.807, 2.05) is 31.6 Å². The topological polar surface area (TPSA) is 19.4 Å². The summed E-state index contributed by atoms with van der Waals surface area (Å²) in [5, 5.41) is 0.114. The summed E-state index contributed by atoms with van der Waals surface area (Å²) >= 11 is 5.80. The molecule has 2 aromatic rings. The van der Waals surface area contributed by atoms with Gasteiger partial charge >= 0.3 is 0 Å². The van der Waals surface area contributed by atoms with Gasteiger partial charge in [0.1, 0.15) is 5.82 Å². The largest absolute Gasteiger partial charge is 0.362 e. The summed E-state index contributed by atoms with van der Waals surface area (Å²) in [7, 11) is 2.04. The van der Waals surface area contributed by atoms with Gasteiger partial charge in [-0.15, -0.1) is 0 Å². The molecule has 1 aromatic carbocycles. The van der Waals surface area contributed by atoms with E-state index in [1.54, 1.807) is 12.1 Å². The summed E-state index contributed by atoms with van der Waals surface area (Å²) in [5.41, 5.74) is 2.73. The van der Waals surface area contributed by atoms with Gasteiger partial charge in [0.2, 0.25) is 0 Å². The first-order valence-corrected chi connectivity index (χ1v) is 7.02.